The third-order valence-corrected chi connectivity index (χ3v) is 6.46. The van der Waals surface area contributed by atoms with Gasteiger partial charge in [0.05, 0.1) is 16.8 Å². The van der Waals surface area contributed by atoms with Crippen molar-refractivity contribution in [1.82, 2.24) is 0 Å². The Kier molecular flexibility index (Phi) is 7.52. The number of carbonyl (C=O) groups is 3. The molecule has 2 aromatic carbocycles. The van der Waals surface area contributed by atoms with E-state index >= 15 is 0 Å². The lowest BCUT2D eigenvalue weighted by Crippen LogP contribution is -2.48. The molecule has 3 N–H and O–H groups in total. The number of hydrogen-bond acceptors (Lipinski definition) is 5. The average Bonchev–Trinajstić information content (AvgIpc) is 2.78. The number of carbonyl (C=O) groups excluding carboxylic acids is 2. The Hall–Kier alpha value is -3.71. The molecule has 196 valence electrons. The molecule has 0 heterocycles. The molecule has 2 unspecified atom stereocenters. The number of nitrogens with one attached hydrogen (secondary N) is 1. The summed E-state index contributed by atoms with van der Waals surface area (Å²) in [5.41, 5.74) is -0.614. The molecule has 0 saturated heterocycles. The predicted octanol–water partition coefficient (Wildman–Crippen LogP) is 5.71. The number of carboxylic acids is 1. The molecule has 2 aromatic rings. The number of esters is 1. The van der Waals surface area contributed by atoms with Crippen molar-refractivity contribution in [2.45, 2.75) is 54.1 Å². The van der Waals surface area contributed by atoms with Gasteiger partial charge < -0.3 is 20.3 Å². The Labute approximate surface area is 217 Å². The zero-order valence-electron chi connectivity index (χ0n) is 22.4. The fraction of sp³-hybridized carbons (Fsp3) is 0.367. The van der Waals surface area contributed by atoms with Crippen LogP contribution in [0.2, 0.25) is 0 Å². The summed E-state index contributed by atoms with van der Waals surface area (Å²) >= 11 is 0. The van der Waals surface area contributed by atoms with Crippen LogP contribution in [0.3, 0.4) is 0 Å². The highest BCUT2D eigenvalue weighted by Crippen LogP contribution is 2.54. The summed E-state index contributed by atoms with van der Waals surface area (Å²) in [6, 6.07) is 13.1. The van der Waals surface area contributed by atoms with Gasteiger partial charge in [0.2, 0.25) is 5.91 Å². The number of carboxylic acid groups (broad SMARTS) is 1. The Morgan fingerprint density at radius 2 is 1.54 bits per heavy atom. The smallest absolute Gasteiger partial charge is 0.343 e. The molecule has 0 aliphatic heterocycles. The summed E-state index contributed by atoms with van der Waals surface area (Å²) in [7, 11) is 0. The van der Waals surface area contributed by atoms with Crippen molar-refractivity contribution in [3.05, 3.63) is 83.0 Å². The molecule has 7 nitrogen and oxygen atoms in total. The topological polar surface area (TPSA) is 113 Å². The third-order valence-electron chi connectivity index (χ3n) is 6.46. The van der Waals surface area contributed by atoms with E-state index < -0.39 is 34.3 Å². The van der Waals surface area contributed by atoms with Gasteiger partial charge in [0.15, 0.2) is 5.75 Å². The van der Waals surface area contributed by atoms with E-state index in [0.717, 1.165) is 0 Å². The maximum absolute atomic E-state index is 12.9. The molecule has 0 saturated carbocycles. The molecule has 7 heteroatoms. The first-order valence-corrected chi connectivity index (χ1v) is 12.1. The van der Waals surface area contributed by atoms with Gasteiger partial charge in [-0.3, -0.25) is 4.79 Å². The Morgan fingerprint density at radius 1 is 0.946 bits per heavy atom. The minimum Gasteiger partial charge on any atom is -0.478 e. The molecule has 1 aliphatic carbocycles. The Bertz CT molecular complexity index is 1270. The fourth-order valence-corrected chi connectivity index (χ4v) is 4.78. The van der Waals surface area contributed by atoms with E-state index in [2.05, 4.69) is 5.32 Å². The minimum absolute atomic E-state index is 0.146. The second kappa shape index (κ2) is 9.98. The maximum atomic E-state index is 12.9. The van der Waals surface area contributed by atoms with E-state index in [0.29, 0.717) is 16.8 Å². The van der Waals surface area contributed by atoms with Crippen LogP contribution >= 0.6 is 0 Å². The summed E-state index contributed by atoms with van der Waals surface area (Å²) in [6.07, 6.45) is 3.18. The van der Waals surface area contributed by atoms with Gasteiger partial charge in [-0.15, -0.1) is 0 Å². The van der Waals surface area contributed by atoms with Crippen molar-refractivity contribution >= 4 is 23.5 Å². The number of aliphatic hydroxyl groups is 1. The van der Waals surface area contributed by atoms with Crippen LogP contribution in [0, 0.1) is 16.7 Å². The van der Waals surface area contributed by atoms with Crippen LogP contribution in [0.4, 0.5) is 5.69 Å². The Balaban J connectivity index is 2.02. The zero-order chi connectivity index (χ0) is 27.8. The second-order valence-corrected chi connectivity index (χ2v) is 11.5. The average molecular weight is 506 g/mol. The first kappa shape index (κ1) is 27.9. The molecule has 2 atom stereocenters. The highest BCUT2D eigenvalue weighted by Gasteiger charge is 2.51. The van der Waals surface area contributed by atoms with Gasteiger partial charge in [0.25, 0.3) is 0 Å². The minimum atomic E-state index is -1.50. The quantitative estimate of drug-likeness (QED) is 0.354. The largest absolute Gasteiger partial charge is 0.478 e. The van der Waals surface area contributed by atoms with E-state index in [4.69, 9.17) is 4.74 Å². The van der Waals surface area contributed by atoms with Crippen LogP contribution in [0.25, 0.3) is 0 Å². The van der Waals surface area contributed by atoms with Crippen molar-refractivity contribution in [2.75, 3.05) is 5.32 Å². The molecule has 0 radical (unpaired) electrons. The van der Waals surface area contributed by atoms with Crippen LogP contribution < -0.4 is 10.1 Å². The lowest BCUT2D eigenvalue weighted by Gasteiger charge is -2.49. The lowest BCUT2D eigenvalue weighted by molar-refractivity contribution is -0.132. The molecule has 1 amide bonds. The van der Waals surface area contributed by atoms with Crippen LogP contribution in [0.15, 0.2) is 71.8 Å². The van der Waals surface area contributed by atoms with Gasteiger partial charge in [-0.05, 0) is 52.3 Å². The fourth-order valence-electron chi connectivity index (χ4n) is 4.78. The summed E-state index contributed by atoms with van der Waals surface area (Å²) in [5.74, 6) is -2.28. The van der Waals surface area contributed by atoms with Gasteiger partial charge >= 0.3 is 11.9 Å². The Morgan fingerprint density at radius 3 is 2.05 bits per heavy atom. The lowest BCUT2D eigenvalue weighted by atomic mass is 9.58. The van der Waals surface area contributed by atoms with Crippen LogP contribution in [0.1, 0.15) is 64.4 Å². The van der Waals surface area contributed by atoms with E-state index in [1.807, 2.05) is 41.5 Å². The monoisotopic (exact) mass is 505 g/mol. The van der Waals surface area contributed by atoms with Gasteiger partial charge in [0.1, 0.15) is 5.60 Å². The molecular weight excluding hydrogens is 470 g/mol. The molecule has 1 aliphatic rings. The van der Waals surface area contributed by atoms with Crippen LogP contribution in [0.5, 0.6) is 5.75 Å². The number of para-hydroxylation sites is 2. The normalized spacial score (nSPS) is 19.9. The number of anilines is 1. The zero-order valence-corrected chi connectivity index (χ0v) is 22.4. The molecule has 0 fully saturated rings. The SMILES string of the molecule is CC(=O)Nc1ccccc1OC(=O)c1ccc(C2(O)C(C(C)(C)C)=CC(C(=O)O)=CC2C(C)(C)C)cc1. The molecule has 37 heavy (non-hydrogen) atoms. The van der Waals surface area contributed by atoms with Gasteiger partial charge in [-0.1, -0.05) is 71.9 Å². The van der Waals surface area contributed by atoms with Gasteiger partial charge in [0, 0.05) is 12.8 Å². The number of rotatable bonds is 5. The van der Waals surface area contributed by atoms with E-state index in [1.54, 1.807) is 60.7 Å². The van der Waals surface area contributed by atoms with Gasteiger partial charge in [-0.25, -0.2) is 9.59 Å². The summed E-state index contributed by atoms with van der Waals surface area (Å²) in [6.45, 7) is 13.1. The predicted molar refractivity (Wildman–Crippen MR) is 142 cm³/mol. The van der Waals surface area contributed by atoms with Crippen molar-refractivity contribution in [3.63, 3.8) is 0 Å². The molecule has 3 rings (SSSR count). The first-order chi connectivity index (χ1) is 17.0. The maximum Gasteiger partial charge on any atom is 0.343 e. The van der Waals surface area contributed by atoms with E-state index in [9.17, 15) is 24.6 Å². The molecule has 0 aromatic heterocycles. The standard InChI is InChI=1S/C30H35NO6/c1-18(32)31-22-10-8-9-11-23(22)37-27(35)19-12-14-21(15-13-19)30(36)24(28(2,3)4)16-20(26(33)34)17-25(30)29(5,6)7/h8-17,24,36H,1-7H3,(H,31,32)(H,33,34). The van der Waals surface area contributed by atoms with Crippen LogP contribution in [-0.4, -0.2) is 28.1 Å². The number of benzene rings is 2. The van der Waals surface area contributed by atoms with Crippen molar-refractivity contribution in [3.8, 4) is 5.75 Å². The highest BCUT2D eigenvalue weighted by atomic mass is 16.5. The summed E-state index contributed by atoms with van der Waals surface area (Å²) in [4.78, 5) is 36.3. The van der Waals surface area contributed by atoms with E-state index in [1.165, 1.54) is 6.92 Å². The number of ether oxygens (including phenoxy) is 1. The highest BCUT2D eigenvalue weighted by molar-refractivity contribution is 5.94. The van der Waals surface area contributed by atoms with Gasteiger partial charge in [-0.2, -0.15) is 0 Å². The molecule has 0 bridgehead atoms. The van der Waals surface area contributed by atoms with Crippen molar-refractivity contribution in [1.29, 1.82) is 0 Å². The first-order valence-electron chi connectivity index (χ1n) is 12.1. The number of hydrogen-bond donors (Lipinski definition) is 3. The third kappa shape index (κ3) is 5.83. The number of aliphatic carboxylic acids is 1. The summed E-state index contributed by atoms with van der Waals surface area (Å²) < 4.78 is 5.53. The second-order valence-electron chi connectivity index (χ2n) is 11.5. The van der Waals surface area contributed by atoms with Crippen LogP contribution in [-0.2, 0) is 15.2 Å². The molecule has 0 spiro atoms. The number of amides is 1. The van der Waals surface area contributed by atoms with Crippen molar-refractivity contribution < 1.29 is 29.3 Å². The summed E-state index contributed by atoms with van der Waals surface area (Å²) in [5, 5.41) is 24.8. The van der Waals surface area contributed by atoms with E-state index in [-0.39, 0.29) is 22.8 Å². The molecular formula is C30H35NO6. The van der Waals surface area contributed by atoms with Crippen molar-refractivity contribution in [2.24, 2.45) is 16.7 Å².